The van der Waals surface area contributed by atoms with Gasteiger partial charge in [-0.3, -0.25) is 0 Å². The highest BCUT2D eigenvalue weighted by Gasteiger charge is 2.25. The normalized spacial score (nSPS) is 11.9. The zero-order valence-electron chi connectivity index (χ0n) is 14.3. The van der Waals surface area contributed by atoms with Gasteiger partial charge in [-0.1, -0.05) is 33.6 Å². The van der Waals surface area contributed by atoms with Crippen molar-refractivity contribution in [2.24, 2.45) is 0 Å². The lowest BCUT2D eigenvalue weighted by Gasteiger charge is -2.25. The smallest absolute Gasteiger partial charge is 0.223 e. The number of rotatable bonds is 5. The molecule has 0 fully saturated rings. The van der Waals surface area contributed by atoms with Crippen LogP contribution in [-0.2, 0) is 5.41 Å². The highest BCUT2D eigenvalue weighted by atomic mass is 16.5. The third-order valence-electron chi connectivity index (χ3n) is 3.01. The predicted octanol–water partition coefficient (Wildman–Crippen LogP) is 3.70. The van der Waals surface area contributed by atoms with Crippen molar-refractivity contribution in [3.63, 3.8) is 0 Å². The van der Waals surface area contributed by atoms with Gasteiger partial charge in [-0.05, 0) is 27.2 Å². The second kappa shape index (κ2) is 6.34. The van der Waals surface area contributed by atoms with Crippen LogP contribution in [0, 0.1) is 19.3 Å². The van der Waals surface area contributed by atoms with E-state index in [1.807, 2.05) is 20.8 Å². The topological polar surface area (TPSA) is 47.0 Å². The molecule has 1 aromatic heterocycles. The number of ether oxygens (including phenoxy) is 1. The van der Waals surface area contributed by atoms with E-state index < -0.39 is 5.60 Å². The maximum absolute atomic E-state index is 5.91. The summed E-state index contributed by atoms with van der Waals surface area (Å²) in [6.07, 6.45) is 6.54. The molecule has 21 heavy (non-hydrogen) atoms. The highest BCUT2D eigenvalue weighted by Crippen LogP contribution is 2.29. The van der Waals surface area contributed by atoms with Crippen LogP contribution in [0.2, 0.25) is 0 Å². The number of anilines is 1. The molecule has 0 saturated carbocycles. The maximum atomic E-state index is 5.91. The SMILES string of the molecule is C#CC(C)(C)Oc1nc(C(C)(C)C)nc(NCCC)c1C. The van der Waals surface area contributed by atoms with Crippen molar-refractivity contribution in [3.05, 3.63) is 11.4 Å². The molecule has 0 spiro atoms. The second-order valence-corrected chi connectivity index (χ2v) is 6.76. The van der Waals surface area contributed by atoms with Crippen molar-refractivity contribution >= 4 is 5.82 Å². The Balaban J connectivity index is 3.31. The summed E-state index contributed by atoms with van der Waals surface area (Å²) in [7, 11) is 0. The second-order valence-electron chi connectivity index (χ2n) is 6.76. The van der Waals surface area contributed by atoms with Crippen LogP contribution in [-0.4, -0.2) is 22.1 Å². The van der Waals surface area contributed by atoms with Crippen molar-refractivity contribution in [1.82, 2.24) is 9.97 Å². The van der Waals surface area contributed by atoms with Crippen LogP contribution in [0.5, 0.6) is 5.88 Å². The van der Waals surface area contributed by atoms with Crippen LogP contribution in [0.1, 0.15) is 59.4 Å². The first-order valence-electron chi connectivity index (χ1n) is 7.40. The summed E-state index contributed by atoms with van der Waals surface area (Å²) in [4.78, 5) is 9.22. The molecule has 0 aromatic carbocycles. The van der Waals surface area contributed by atoms with E-state index in [9.17, 15) is 0 Å². The number of terminal acetylenes is 1. The number of aromatic nitrogens is 2. The van der Waals surface area contributed by atoms with Gasteiger partial charge in [0.05, 0.1) is 5.56 Å². The van der Waals surface area contributed by atoms with Crippen LogP contribution in [0.15, 0.2) is 0 Å². The molecule has 0 atom stereocenters. The van der Waals surface area contributed by atoms with E-state index in [2.05, 4.69) is 48.9 Å². The van der Waals surface area contributed by atoms with E-state index in [0.717, 1.165) is 30.2 Å². The van der Waals surface area contributed by atoms with Crippen LogP contribution in [0.25, 0.3) is 0 Å². The highest BCUT2D eigenvalue weighted by molar-refractivity contribution is 5.49. The van der Waals surface area contributed by atoms with E-state index in [1.54, 1.807) is 0 Å². The largest absolute Gasteiger partial charge is 0.458 e. The van der Waals surface area contributed by atoms with Crippen molar-refractivity contribution in [3.8, 4) is 18.2 Å². The fraction of sp³-hybridized carbons (Fsp3) is 0.647. The molecule has 0 aliphatic heterocycles. The minimum atomic E-state index is -0.698. The van der Waals surface area contributed by atoms with E-state index in [1.165, 1.54) is 0 Å². The quantitative estimate of drug-likeness (QED) is 0.840. The summed E-state index contributed by atoms with van der Waals surface area (Å²) in [6.45, 7) is 14.9. The lowest BCUT2D eigenvalue weighted by molar-refractivity contribution is 0.162. The fourth-order valence-corrected chi connectivity index (χ4v) is 1.62. The Bertz CT molecular complexity index is 536. The molecule has 0 saturated heterocycles. The molecule has 4 heteroatoms. The first kappa shape index (κ1) is 17.3. The molecule has 0 bridgehead atoms. The number of hydrogen-bond donors (Lipinski definition) is 1. The Morgan fingerprint density at radius 1 is 1.19 bits per heavy atom. The molecular formula is C17H27N3O. The molecule has 0 radical (unpaired) electrons. The third-order valence-corrected chi connectivity index (χ3v) is 3.01. The van der Waals surface area contributed by atoms with Crippen molar-refractivity contribution in [2.75, 3.05) is 11.9 Å². The molecular weight excluding hydrogens is 262 g/mol. The Morgan fingerprint density at radius 2 is 1.81 bits per heavy atom. The molecule has 0 unspecified atom stereocenters. The molecule has 0 aliphatic rings. The van der Waals surface area contributed by atoms with Crippen LogP contribution in [0.3, 0.4) is 0 Å². The lowest BCUT2D eigenvalue weighted by atomic mass is 9.95. The summed E-state index contributed by atoms with van der Waals surface area (Å²) >= 11 is 0. The van der Waals surface area contributed by atoms with Gasteiger partial charge in [0.2, 0.25) is 5.88 Å². The zero-order valence-corrected chi connectivity index (χ0v) is 14.3. The van der Waals surface area contributed by atoms with Crippen molar-refractivity contribution in [1.29, 1.82) is 0 Å². The standard InChI is InChI=1S/C17H27N3O/c1-9-11-18-13-12(3)14(21-17(7,8)10-2)20-15(19-13)16(4,5)6/h2H,9,11H2,1,3-8H3,(H,18,19,20). The minimum absolute atomic E-state index is 0.158. The van der Waals surface area contributed by atoms with E-state index in [-0.39, 0.29) is 5.41 Å². The molecule has 116 valence electrons. The van der Waals surface area contributed by atoms with Crippen LogP contribution < -0.4 is 10.1 Å². The summed E-state index contributed by atoms with van der Waals surface area (Å²) in [5, 5.41) is 3.34. The van der Waals surface area contributed by atoms with Crippen LogP contribution in [0.4, 0.5) is 5.82 Å². The zero-order chi connectivity index (χ0) is 16.3. The van der Waals surface area contributed by atoms with E-state index >= 15 is 0 Å². The van der Waals surface area contributed by atoms with Gasteiger partial charge in [0.25, 0.3) is 0 Å². The molecule has 1 heterocycles. The van der Waals surface area contributed by atoms with E-state index in [4.69, 9.17) is 11.2 Å². The average Bonchev–Trinajstić information content (AvgIpc) is 2.38. The summed E-state index contributed by atoms with van der Waals surface area (Å²) in [5.41, 5.74) is 0.0326. The van der Waals surface area contributed by atoms with Gasteiger partial charge in [-0.25, -0.2) is 4.98 Å². The van der Waals surface area contributed by atoms with Crippen molar-refractivity contribution in [2.45, 2.75) is 65.9 Å². The van der Waals surface area contributed by atoms with Crippen molar-refractivity contribution < 1.29 is 4.74 Å². The first-order valence-corrected chi connectivity index (χ1v) is 7.40. The molecule has 1 N–H and O–H groups in total. The Labute approximate surface area is 128 Å². The number of nitrogens with one attached hydrogen (secondary N) is 1. The fourth-order valence-electron chi connectivity index (χ4n) is 1.62. The summed E-state index contributed by atoms with van der Waals surface area (Å²) < 4.78 is 5.91. The van der Waals surface area contributed by atoms with Gasteiger partial charge < -0.3 is 10.1 Å². The molecule has 0 amide bonds. The van der Waals surface area contributed by atoms with Crippen LogP contribution >= 0.6 is 0 Å². The van der Waals surface area contributed by atoms with Gasteiger partial charge in [-0.2, -0.15) is 4.98 Å². The summed E-state index contributed by atoms with van der Waals surface area (Å²) in [6, 6.07) is 0. The first-order chi connectivity index (χ1) is 9.60. The molecule has 1 aromatic rings. The van der Waals surface area contributed by atoms with Gasteiger partial charge in [-0.15, -0.1) is 6.42 Å². The Hall–Kier alpha value is -1.76. The molecule has 4 nitrogen and oxygen atoms in total. The average molecular weight is 289 g/mol. The number of nitrogens with zero attached hydrogens (tertiary/aromatic N) is 2. The lowest BCUT2D eigenvalue weighted by Crippen LogP contribution is -2.28. The Morgan fingerprint density at radius 3 is 2.29 bits per heavy atom. The predicted molar refractivity (Wildman–Crippen MR) is 87.8 cm³/mol. The molecule has 1 rings (SSSR count). The maximum Gasteiger partial charge on any atom is 0.223 e. The monoisotopic (exact) mass is 289 g/mol. The third kappa shape index (κ3) is 4.63. The van der Waals surface area contributed by atoms with Gasteiger partial charge in [0.1, 0.15) is 11.6 Å². The van der Waals surface area contributed by atoms with Gasteiger partial charge in [0, 0.05) is 12.0 Å². The molecule has 0 aliphatic carbocycles. The minimum Gasteiger partial charge on any atom is -0.458 e. The summed E-state index contributed by atoms with van der Waals surface area (Å²) in [5.74, 6) is 4.75. The van der Waals surface area contributed by atoms with Gasteiger partial charge in [0.15, 0.2) is 5.60 Å². The Kier molecular flexibility index (Phi) is 5.22. The van der Waals surface area contributed by atoms with E-state index in [0.29, 0.717) is 5.88 Å². The number of hydrogen-bond acceptors (Lipinski definition) is 4. The van der Waals surface area contributed by atoms with Gasteiger partial charge >= 0.3 is 0 Å².